The summed E-state index contributed by atoms with van der Waals surface area (Å²) in [6, 6.07) is 8.98. The second-order valence-corrected chi connectivity index (χ2v) is 11.6. The van der Waals surface area contributed by atoms with E-state index < -0.39 is 11.0 Å². The molecule has 11 heteroatoms. The standard InChI is InChI=1S/C17H24N2O4.C15H19NO2.CH4NP/c1-11-8-15(16(19(21)22)9-12(11)2)10-23-17(20)18-13(3)6-5-7-14(18)4;1-12-5-6-13(14(17)11-12)7-8-15(18)16-9-3-2-4-10-16;2-1-3/h8-9,13-14H,5-7,10H2,1-4H3;5-8,11,17H,2-4,9-10H2,1H3;1-2H,3H2/b;8-7+;/i;;1D/hD. The third kappa shape index (κ3) is 11.1. The number of amides is 2. The van der Waals surface area contributed by atoms with E-state index in [1.165, 1.54) is 12.5 Å². The van der Waals surface area contributed by atoms with Gasteiger partial charge in [0.25, 0.3) is 5.69 Å². The summed E-state index contributed by atoms with van der Waals surface area (Å²) in [7, 11) is 1.96. The Labute approximate surface area is 266 Å². The average Bonchev–Trinajstić information content (AvgIpc) is 3.01. The van der Waals surface area contributed by atoms with Crippen molar-refractivity contribution < 1.29 is 27.1 Å². The van der Waals surface area contributed by atoms with E-state index in [0.29, 0.717) is 11.1 Å². The average molecular weight is 629 g/mol. The summed E-state index contributed by atoms with van der Waals surface area (Å²) in [6.45, 7) is 11.3. The summed E-state index contributed by atoms with van der Waals surface area (Å²) >= 11 is 0. The van der Waals surface area contributed by atoms with Crippen molar-refractivity contribution >= 4 is 38.9 Å². The minimum Gasteiger partial charge on any atom is -0.507 e. The molecule has 0 saturated carbocycles. The number of benzene rings is 2. The maximum absolute atomic E-state index is 12.4. The number of carbonyl (C=O) groups is 2. The number of nitro benzene ring substituents is 1. The van der Waals surface area contributed by atoms with Crippen LogP contribution in [0.5, 0.6) is 5.75 Å². The number of hydrogen-bond donors (Lipinski definition) is 2. The molecule has 2 saturated heterocycles. The van der Waals surface area contributed by atoms with E-state index in [-0.39, 0.29) is 42.0 Å². The van der Waals surface area contributed by atoms with Crippen molar-refractivity contribution in [2.75, 3.05) is 13.1 Å². The molecule has 2 N–H and O–H groups in total. The number of hydrogen-bond acceptors (Lipinski definition) is 7. The number of phenols is 1. The minimum absolute atomic E-state index is 0.000594. The summed E-state index contributed by atoms with van der Waals surface area (Å²) in [5.41, 5.74) is 3.92. The van der Waals surface area contributed by atoms with E-state index in [0.717, 1.165) is 61.9 Å². The fourth-order valence-electron chi connectivity index (χ4n) is 5.32. The molecule has 44 heavy (non-hydrogen) atoms. The molecule has 0 aliphatic carbocycles. The zero-order valence-electron chi connectivity index (χ0n) is 28.4. The molecule has 0 spiro atoms. The highest BCUT2D eigenvalue weighted by Gasteiger charge is 2.30. The molecular formula is C33H47N4O6P. The molecule has 2 aliphatic rings. The first-order valence-electron chi connectivity index (χ1n) is 15.9. The van der Waals surface area contributed by atoms with Crippen molar-refractivity contribution in [1.29, 1.82) is 5.40 Å². The molecule has 2 heterocycles. The monoisotopic (exact) mass is 628 g/mol. The summed E-state index contributed by atoms with van der Waals surface area (Å²) in [4.78, 5) is 38.6. The smallest absolute Gasteiger partial charge is 0.410 e. The normalized spacial score (nSPS) is 19.1. The molecule has 0 bridgehead atoms. The molecule has 240 valence electrons. The van der Waals surface area contributed by atoms with Crippen LogP contribution in [0.25, 0.3) is 6.08 Å². The van der Waals surface area contributed by atoms with Crippen LogP contribution >= 0.6 is 9.24 Å². The van der Waals surface area contributed by atoms with Crippen LogP contribution in [0.4, 0.5) is 10.5 Å². The predicted octanol–water partition coefficient (Wildman–Crippen LogP) is 7.31. The number of phenolic OH excluding ortho intramolecular Hbond substituents is 1. The molecule has 0 aromatic heterocycles. The van der Waals surface area contributed by atoms with E-state index in [2.05, 4.69) is 5.40 Å². The van der Waals surface area contributed by atoms with E-state index >= 15 is 0 Å². The molecule has 2 amide bonds. The highest BCUT2D eigenvalue weighted by molar-refractivity contribution is 7.36. The Morgan fingerprint density at radius 1 is 1.11 bits per heavy atom. The van der Waals surface area contributed by atoms with Crippen molar-refractivity contribution in [2.24, 2.45) is 0 Å². The van der Waals surface area contributed by atoms with Gasteiger partial charge in [0.2, 0.25) is 5.91 Å². The molecule has 3 atom stereocenters. The van der Waals surface area contributed by atoms with Crippen LogP contribution in [0.1, 0.15) is 81.6 Å². The summed E-state index contributed by atoms with van der Waals surface area (Å²) in [5, 5.41) is 23.6. The number of aromatic hydroxyl groups is 1. The van der Waals surface area contributed by atoms with Gasteiger partial charge >= 0.3 is 6.09 Å². The Morgan fingerprint density at radius 2 is 1.73 bits per heavy atom. The van der Waals surface area contributed by atoms with Gasteiger partial charge in [-0.05, 0) is 108 Å². The highest BCUT2D eigenvalue weighted by Crippen LogP contribution is 2.26. The first-order valence-corrected chi connectivity index (χ1v) is 15.5. The number of nitrogens with one attached hydrogen (secondary N) is 1. The van der Waals surface area contributed by atoms with Gasteiger partial charge in [-0.25, -0.2) is 4.79 Å². The fraction of sp³-hybridized carbons (Fsp3) is 0.485. The van der Waals surface area contributed by atoms with E-state index in [9.17, 15) is 24.8 Å². The van der Waals surface area contributed by atoms with Gasteiger partial charge in [-0.3, -0.25) is 14.9 Å². The van der Waals surface area contributed by atoms with Crippen LogP contribution in [0.15, 0.2) is 36.4 Å². The van der Waals surface area contributed by atoms with Gasteiger partial charge in [0.05, 0.1) is 11.9 Å². The Hall–Kier alpha value is -3.78. The molecule has 2 aliphatic heterocycles. The quantitative estimate of drug-likeness (QED) is 0.117. The van der Waals surface area contributed by atoms with Gasteiger partial charge in [0.15, 0.2) is 1.41 Å². The van der Waals surface area contributed by atoms with Crippen molar-refractivity contribution in [2.45, 2.75) is 91.8 Å². The van der Waals surface area contributed by atoms with Crippen molar-refractivity contribution in [3.8, 4) is 5.75 Å². The molecule has 0 radical (unpaired) electrons. The Kier molecular flexibility index (Phi) is 13.6. The highest BCUT2D eigenvalue weighted by atomic mass is 31.0. The third-order valence-electron chi connectivity index (χ3n) is 7.91. The Morgan fingerprint density at radius 3 is 2.30 bits per heavy atom. The number of aryl methyl sites for hydroxylation is 3. The van der Waals surface area contributed by atoms with Crippen LogP contribution in [0.2, 0.25) is 1.41 Å². The largest absolute Gasteiger partial charge is 0.507 e. The SMILES string of the molecule is Cc1cc(COC(=O)N2C(C)CCCC2C)c([N+](=O)[O-])cc1C.Cc1ccc(/C=C/C(=O)N2CCCCC2)c(O)c1.[2H]N=C([2H])P. The second-order valence-electron chi connectivity index (χ2n) is 11.3. The van der Waals surface area contributed by atoms with Crippen LogP contribution in [-0.2, 0) is 16.1 Å². The first-order chi connectivity index (χ1) is 21.7. The number of carbonyl (C=O) groups excluding carboxylic acids is 2. The molecule has 2 fully saturated rings. The molecular weight excluding hydrogens is 579 g/mol. The molecule has 3 unspecified atom stereocenters. The van der Waals surface area contributed by atoms with Crippen molar-refractivity contribution in [3.05, 3.63) is 74.3 Å². The van der Waals surface area contributed by atoms with Crippen LogP contribution in [0, 0.1) is 36.3 Å². The van der Waals surface area contributed by atoms with Crippen molar-refractivity contribution in [1.82, 2.24) is 9.80 Å². The third-order valence-corrected chi connectivity index (χ3v) is 7.91. The van der Waals surface area contributed by atoms with E-state index in [1.807, 2.05) is 60.9 Å². The zero-order valence-corrected chi connectivity index (χ0v) is 27.6. The maximum atomic E-state index is 12.4. The zero-order chi connectivity index (χ0) is 34.4. The topological polar surface area (TPSA) is 137 Å². The maximum Gasteiger partial charge on any atom is 0.410 e. The van der Waals surface area contributed by atoms with Crippen LogP contribution in [-0.4, -0.2) is 62.9 Å². The van der Waals surface area contributed by atoms with Gasteiger partial charge in [-0.15, -0.1) is 0 Å². The number of rotatable bonds is 5. The van der Waals surface area contributed by atoms with Gasteiger partial charge in [-0.2, -0.15) is 0 Å². The van der Waals surface area contributed by atoms with Crippen molar-refractivity contribution in [3.63, 3.8) is 0 Å². The lowest BCUT2D eigenvalue weighted by Crippen LogP contribution is -2.47. The summed E-state index contributed by atoms with van der Waals surface area (Å²) in [6.07, 6.45) is 9.27. The second kappa shape index (κ2) is 18.1. The first kappa shape index (κ1) is 33.1. The lowest BCUT2D eigenvalue weighted by Gasteiger charge is -2.37. The number of nitrogens with zero attached hydrogens (tertiary/aromatic N) is 3. The number of piperidine rings is 2. The number of ether oxygens (including phenoxy) is 1. The lowest BCUT2D eigenvalue weighted by atomic mass is 9.98. The number of nitro groups is 1. The number of likely N-dealkylation sites (tertiary alicyclic amines) is 2. The van der Waals surface area contributed by atoms with Gasteiger partial charge in [0, 0.05) is 48.8 Å². The van der Waals surface area contributed by atoms with Gasteiger partial charge < -0.3 is 25.0 Å². The Bertz CT molecular complexity index is 1400. The van der Waals surface area contributed by atoms with Gasteiger partial charge in [0.1, 0.15) is 12.4 Å². The van der Waals surface area contributed by atoms with E-state index in [4.69, 9.17) is 7.52 Å². The van der Waals surface area contributed by atoms with Crippen LogP contribution < -0.4 is 0 Å². The minimum atomic E-state index is -0.429. The molecule has 10 nitrogen and oxygen atoms in total. The fourth-order valence-corrected chi connectivity index (χ4v) is 5.32. The Balaban J connectivity index is 0.000000285. The van der Waals surface area contributed by atoms with Gasteiger partial charge in [-0.1, -0.05) is 21.4 Å². The molecule has 4 rings (SSSR count). The van der Waals surface area contributed by atoms with Crippen LogP contribution in [0.3, 0.4) is 0 Å². The lowest BCUT2D eigenvalue weighted by molar-refractivity contribution is -0.385. The summed E-state index contributed by atoms with van der Waals surface area (Å²) in [5.74, 6) is 0.220. The van der Waals surface area contributed by atoms with E-state index in [1.54, 1.807) is 29.2 Å². The molecule has 2 aromatic carbocycles. The predicted molar refractivity (Wildman–Crippen MR) is 178 cm³/mol. The summed E-state index contributed by atoms with van der Waals surface area (Å²) < 4.78 is 17.8. The molecule has 2 aromatic rings.